The van der Waals surface area contributed by atoms with Gasteiger partial charge in [-0.05, 0) is 11.6 Å². The Kier molecular flexibility index (Phi) is 4.06. The molecule has 0 fully saturated rings. The number of esters is 1. The molecule has 0 aliphatic carbocycles. The lowest BCUT2D eigenvalue weighted by molar-refractivity contribution is -0.134. The molecule has 68 valence electrons. The van der Waals surface area contributed by atoms with Crippen molar-refractivity contribution in [1.82, 2.24) is 0 Å². The second kappa shape index (κ2) is 5.38. The summed E-state index contributed by atoms with van der Waals surface area (Å²) in [5.41, 5.74) is 0.977. The van der Waals surface area contributed by atoms with E-state index in [2.05, 4.69) is 4.74 Å². The first-order valence-corrected chi connectivity index (χ1v) is 4.33. The summed E-state index contributed by atoms with van der Waals surface area (Å²) >= 11 is 5.23. The summed E-state index contributed by atoms with van der Waals surface area (Å²) in [6.07, 6.45) is 3.03. The van der Waals surface area contributed by atoms with Gasteiger partial charge in [0.2, 0.25) is 0 Å². The van der Waals surface area contributed by atoms with Gasteiger partial charge in [-0.25, -0.2) is 0 Å². The van der Waals surface area contributed by atoms with Gasteiger partial charge in [-0.3, -0.25) is 4.79 Å². The van der Waals surface area contributed by atoms with Crippen molar-refractivity contribution >= 4 is 23.6 Å². The van der Waals surface area contributed by atoms with Gasteiger partial charge in [-0.1, -0.05) is 30.3 Å². The van der Waals surface area contributed by atoms with Gasteiger partial charge >= 0.3 is 5.97 Å². The molecule has 0 aromatic heterocycles. The average molecular weight is 197 g/mol. The average Bonchev–Trinajstić information content (AvgIpc) is 2.19. The molecule has 0 heterocycles. The Hall–Kier alpha value is -1.28. The predicted octanol–water partition coefficient (Wildman–Crippen LogP) is 2.44. The summed E-state index contributed by atoms with van der Waals surface area (Å²) in [7, 11) is 0. The molecular formula is C10H9ClO2. The van der Waals surface area contributed by atoms with Crippen molar-refractivity contribution in [3.05, 3.63) is 42.2 Å². The van der Waals surface area contributed by atoms with Crippen LogP contribution < -0.4 is 0 Å². The van der Waals surface area contributed by atoms with Gasteiger partial charge in [-0.2, -0.15) is 0 Å². The Bertz CT molecular complexity index is 293. The highest BCUT2D eigenvalue weighted by Crippen LogP contribution is 2.00. The molecule has 0 spiro atoms. The second-order valence-electron chi connectivity index (χ2n) is 2.34. The van der Waals surface area contributed by atoms with Gasteiger partial charge < -0.3 is 4.74 Å². The summed E-state index contributed by atoms with van der Waals surface area (Å²) in [5.74, 6) is -0.576. The van der Waals surface area contributed by atoms with Crippen LogP contribution in [0.5, 0.6) is 0 Å². The molecule has 1 aromatic rings. The van der Waals surface area contributed by atoms with Gasteiger partial charge in [0.1, 0.15) is 5.88 Å². The van der Waals surface area contributed by atoms with Crippen LogP contribution in [-0.4, -0.2) is 11.8 Å². The maximum Gasteiger partial charge on any atom is 0.325 e. The molecule has 0 aliphatic heterocycles. The van der Waals surface area contributed by atoms with E-state index in [1.807, 2.05) is 30.3 Å². The van der Waals surface area contributed by atoms with Crippen LogP contribution in [0.15, 0.2) is 36.6 Å². The van der Waals surface area contributed by atoms with Crippen molar-refractivity contribution in [2.24, 2.45) is 0 Å². The molecule has 0 saturated carbocycles. The van der Waals surface area contributed by atoms with Gasteiger partial charge in [0, 0.05) is 0 Å². The standard InChI is InChI=1S/C10H9ClO2/c11-8-10(12)13-7-6-9-4-2-1-3-5-9/h1-7H,8H2/b7-6+. The summed E-state index contributed by atoms with van der Waals surface area (Å²) in [5, 5.41) is 0. The van der Waals surface area contributed by atoms with Gasteiger partial charge in [0.05, 0.1) is 6.26 Å². The number of halogens is 1. The normalized spacial score (nSPS) is 10.2. The molecule has 3 heteroatoms. The van der Waals surface area contributed by atoms with Crippen molar-refractivity contribution in [1.29, 1.82) is 0 Å². The van der Waals surface area contributed by atoms with E-state index in [1.165, 1.54) is 6.26 Å². The molecule has 1 aromatic carbocycles. The smallest absolute Gasteiger partial charge is 0.325 e. The highest BCUT2D eigenvalue weighted by Gasteiger charge is 1.94. The van der Waals surface area contributed by atoms with Crippen LogP contribution in [0.1, 0.15) is 5.56 Å². The number of carbonyl (C=O) groups excluding carboxylic acids is 1. The minimum atomic E-state index is -0.450. The zero-order chi connectivity index (χ0) is 9.52. The highest BCUT2D eigenvalue weighted by atomic mass is 35.5. The van der Waals surface area contributed by atoms with E-state index in [0.29, 0.717) is 0 Å². The van der Waals surface area contributed by atoms with Gasteiger partial charge in [-0.15, -0.1) is 11.6 Å². The second-order valence-corrected chi connectivity index (χ2v) is 2.60. The van der Waals surface area contributed by atoms with E-state index in [0.717, 1.165) is 5.56 Å². The predicted molar refractivity (Wildman–Crippen MR) is 52.3 cm³/mol. The van der Waals surface area contributed by atoms with E-state index in [9.17, 15) is 4.79 Å². The third-order valence-electron chi connectivity index (χ3n) is 1.37. The first-order chi connectivity index (χ1) is 6.33. The van der Waals surface area contributed by atoms with E-state index in [1.54, 1.807) is 6.08 Å². The van der Waals surface area contributed by atoms with Gasteiger partial charge in [0.15, 0.2) is 0 Å². The maximum absolute atomic E-state index is 10.6. The lowest BCUT2D eigenvalue weighted by Crippen LogP contribution is -1.99. The molecule has 0 aliphatic rings. The van der Waals surface area contributed by atoms with Crippen LogP contribution in [0, 0.1) is 0 Å². The number of carbonyl (C=O) groups is 1. The van der Waals surface area contributed by atoms with Crippen LogP contribution in [0.25, 0.3) is 6.08 Å². The zero-order valence-electron chi connectivity index (χ0n) is 6.94. The molecule has 0 amide bonds. The summed E-state index contributed by atoms with van der Waals surface area (Å²) in [4.78, 5) is 10.6. The monoisotopic (exact) mass is 196 g/mol. The fraction of sp³-hybridized carbons (Fsp3) is 0.100. The number of hydrogen-bond donors (Lipinski definition) is 0. The summed E-state index contributed by atoms with van der Waals surface area (Å²) < 4.78 is 4.64. The van der Waals surface area contributed by atoms with Crippen LogP contribution in [0.4, 0.5) is 0 Å². The van der Waals surface area contributed by atoms with Crippen molar-refractivity contribution in [2.45, 2.75) is 0 Å². The molecule has 13 heavy (non-hydrogen) atoms. The number of hydrogen-bond acceptors (Lipinski definition) is 2. The molecule has 0 radical (unpaired) electrons. The molecular weight excluding hydrogens is 188 g/mol. The number of benzene rings is 1. The fourth-order valence-electron chi connectivity index (χ4n) is 0.784. The molecule has 0 atom stereocenters. The Morgan fingerprint density at radius 3 is 2.69 bits per heavy atom. The molecule has 2 nitrogen and oxygen atoms in total. The topological polar surface area (TPSA) is 26.3 Å². The first kappa shape index (κ1) is 9.81. The quantitative estimate of drug-likeness (QED) is 0.422. The minimum Gasteiger partial charge on any atom is -0.434 e. The third kappa shape index (κ3) is 3.76. The van der Waals surface area contributed by atoms with Crippen molar-refractivity contribution in [3.8, 4) is 0 Å². The third-order valence-corrected chi connectivity index (χ3v) is 1.59. The first-order valence-electron chi connectivity index (χ1n) is 3.80. The molecule has 1 rings (SSSR count). The van der Waals surface area contributed by atoms with Crippen LogP contribution in [0.2, 0.25) is 0 Å². The van der Waals surface area contributed by atoms with Crippen LogP contribution in [-0.2, 0) is 9.53 Å². The van der Waals surface area contributed by atoms with Crippen molar-refractivity contribution < 1.29 is 9.53 Å². The highest BCUT2D eigenvalue weighted by molar-refractivity contribution is 6.26. The van der Waals surface area contributed by atoms with E-state index in [-0.39, 0.29) is 5.88 Å². The van der Waals surface area contributed by atoms with E-state index in [4.69, 9.17) is 11.6 Å². The maximum atomic E-state index is 10.6. The van der Waals surface area contributed by atoms with E-state index >= 15 is 0 Å². The molecule has 0 bridgehead atoms. The Morgan fingerprint density at radius 1 is 1.38 bits per heavy atom. The summed E-state index contributed by atoms with van der Waals surface area (Å²) in [6.45, 7) is 0. The summed E-state index contributed by atoms with van der Waals surface area (Å²) in [6, 6.07) is 9.55. The minimum absolute atomic E-state index is 0.126. The van der Waals surface area contributed by atoms with Crippen molar-refractivity contribution in [2.75, 3.05) is 5.88 Å². The Labute approximate surface area is 81.8 Å². The molecule has 0 N–H and O–H groups in total. The number of ether oxygens (including phenoxy) is 1. The number of alkyl halides is 1. The Morgan fingerprint density at radius 2 is 2.08 bits per heavy atom. The lowest BCUT2D eigenvalue weighted by atomic mass is 10.2. The van der Waals surface area contributed by atoms with Gasteiger partial charge in [0.25, 0.3) is 0 Å². The molecule has 0 unspecified atom stereocenters. The number of rotatable bonds is 3. The SMILES string of the molecule is O=C(CCl)O/C=C/c1ccccc1. The largest absolute Gasteiger partial charge is 0.434 e. The van der Waals surface area contributed by atoms with Crippen molar-refractivity contribution in [3.63, 3.8) is 0 Å². The molecule has 0 saturated heterocycles. The Balaban J connectivity index is 2.45. The lowest BCUT2D eigenvalue weighted by Gasteiger charge is -1.93. The van der Waals surface area contributed by atoms with E-state index < -0.39 is 5.97 Å². The van der Waals surface area contributed by atoms with Crippen LogP contribution in [0.3, 0.4) is 0 Å². The zero-order valence-corrected chi connectivity index (χ0v) is 7.70. The van der Waals surface area contributed by atoms with Crippen LogP contribution >= 0.6 is 11.6 Å². The fourth-order valence-corrected chi connectivity index (χ4v) is 0.847.